The highest BCUT2D eigenvalue weighted by molar-refractivity contribution is 7.10. The van der Waals surface area contributed by atoms with Crippen molar-refractivity contribution in [2.24, 2.45) is 0 Å². The van der Waals surface area contributed by atoms with Gasteiger partial charge in [0.2, 0.25) is 11.8 Å². The highest BCUT2D eigenvalue weighted by atomic mass is 32.1. The summed E-state index contributed by atoms with van der Waals surface area (Å²) in [6.07, 6.45) is 1.36. The number of hydrogen-bond donors (Lipinski definition) is 0. The average Bonchev–Trinajstić information content (AvgIpc) is 3.23. The minimum absolute atomic E-state index is 0.0208. The summed E-state index contributed by atoms with van der Waals surface area (Å²) in [7, 11) is 3.44. The molecule has 0 spiro atoms. The van der Waals surface area contributed by atoms with Gasteiger partial charge >= 0.3 is 0 Å². The Kier molecular flexibility index (Phi) is 7.26. The number of nitrogens with zero attached hydrogens (tertiary/aromatic N) is 3. The molecule has 1 aliphatic heterocycles. The largest absolute Gasteiger partial charge is 0.345 e. The molecule has 0 atom stereocenters. The van der Waals surface area contributed by atoms with E-state index in [0.717, 1.165) is 18.5 Å². The molecule has 1 aliphatic rings. The standard InChI is InChI=1S/C23H29N3O3S/c1-4-25(15-17-5-7-18(8-6-17)23(29)24(2)3)21(27)9-10-22(28)26-13-11-20-19(16-26)12-14-30-20/h5-8,12,14H,4,9-11,13,15-16H2,1-3H3. The van der Waals surface area contributed by atoms with Gasteiger partial charge in [-0.3, -0.25) is 14.4 Å². The molecule has 2 heterocycles. The smallest absolute Gasteiger partial charge is 0.253 e. The molecule has 7 heteroatoms. The van der Waals surface area contributed by atoms with E-state index in [9.17, 15) is 14.4 Å². The molecule has 0 aliphatic carbocycles. The minimum Gasteiger partial charge on any atom is -0.345 e. The van der Waals surface area contributed by atoms with Crippen LogP contribution < -0.4 is 0 Å². The minimum atomic E-state index is -0.0456. The first kappa shape index (κ1) is 22.0. The summed E-state index contributed by atoms with van der Waals surface area (Å²) < 4.78 is 0. The Morgan fingerprint density at radius 1 is 1.07 bits per heavy atom. The zero-order valence-corrected chi connectivity index (χ0v) is 18.7. The number of hydrogen-bond acceptors (Lipinski definition) is 4. The van der Waals surface area contributed by atoms with Gasteiger partial charge in [-0.25, -0.2) is 0 Å². The number of rotatable bonds is 7. The van der Waals surface area contributed by atoms with E-state index in [1.807, 2.05) is 24.0 Å². The van der Waals surface area contributed by atoms with Crippen molar-refractivity contribution in [2.75, 3.05) is 27.2 Å². The van der Waals surface area contributed by atoms with E-state index in [1.54, 1.807) is 42.5 Å². The van der Waals surface area contributed by atoms with E-state index in [4.69, 9.17) is 0 Å². The maximum atomic E-state index is 12.7. The van der Waals surface area contributed by atoms with Crippen LogP contribution in [0.25, 0.3) is 0 Å². The summed E-state index contributed by atoms with van der Waals surface area (Å²) in [6, 6.07) is 9.41. The number of fused-ring (bicyclic) bond motifs is 1. The van der Waals surface area contributed by atoms with Gasteiger partial charge in [-0.15, -0.1) is 11.3 Å². The van der Waals surface area contributed by atoms with Crippen LogP contribution in [0.2, 0.25) is 0 Å². The second kappa shape index (κ2) is 9.89. The van der Waals surface area contributed by atoms with Crippen molar-refractivity contribution in [3.8, 4) is 0 Å². The molecule has 6 nitrogen and oxygen atoms in total. The average molecular weight is 428 g/mol. The molecule has 0 unspecified atom stereocenters. The fraction of sp³-hybridized carbons (Fsp3) is 0.435. The van der Waals surface area contributed by atoms with Gasteiger partial charge in [-0.2, -0.15) is 0 Å². The Morgan fingerprint density at radius 3 is 2.47 bits per heavy atom. The van der Waals surface area contributed by atoms with E-state index >= 15 is 0 Å². The summed E-state index contributed by atoms with van der Waals surface area (Å²) >= 11 is 1.75. The lowest BCUT2D eigenvalue weighted by atomic mass is 10.1. The summed E-state index contributed by atoms with van der Waals surface area (Å²) in [5.74, 6) is -0.0221. The van der Waals surface area contributed by atoms with E-state index < -0.39 is 0 Å². The first-order valence-electron chi connectivity index (χ1n) is 10.3. The number of thiophene rings is 1. The highest BCUT2D eigenvalue weighted by Crippen LogP contribution is 2.24. The van der Waals surface area contributed by atoms with Gasteiger partial charge in [0, 0.05) is 63.6 Å². The van der Waals surface area contributed by atoms with E-state index in [1.165, 1.54) is 15.3 Å². The molecular weight excluding hydrogens is 398 g/mol. The zero-order chi connectivity index (χ0) is 21.7. The van der Waals surface area contributed by atoms with Crippen LogP contribution in [0.4, 0.5) is 0 Å². The number of amides is 3. The molecule has 3 rings (SSSR count). The molecule has 0 fully saturated rings. The first-order chi connectivity index (χ1) is 14.4. The molecule has 0 saturated carbocycles. The van der Waals surface area contributed by atoms with Crippen molar-refractivity contribution >= 4 is 29.1 Å². The van der Waals surface area contributed by atoms with Crippen LogP contribution in [-0.2, 0) is 29.1 Å². The van der Waals surface area contributed by atoms with Gasteiger partial charge in [0.1, 0.15) is 0 Å². The highest BCUT2D eigenvalue weighted by Gasteiger charge is 2.22. The Labute approximate surface area is 182 Å². The summed E-state index contributed by atoms with van der Waals surface area (Å²) in [5, 5.41) is 2.07. The summed E-state index contributed by atoms with van der Waals surface area (Å²) in [6.45, 7) is 4.37. The van der Waals surface area contributed by atoms with Gasteiger partial charge in [-0.05, 0) is 48.1 Å². The quantitative estimate of drug-likeness (QED) is 0.682. The fourth-order valence-electron chi connectivity index (χ4n) is 3.60. The van der Waals surface area contributed by atoms with Crippen LogP contribution in [-0.4, -0.2) is 59.6 Å². The van der Waals surface area contributed by atoms with Crippen LogP contribution in [0.5, 0.6) is 0 Å². The van der Waals surface area contributed by atoms with Crippen molar-refractivity contribution in [2.45, 2.75) is 39.3 Å². The molecule has 30 heavy (non-hydrogen) atoms. The molecule has 1 aromatic heterocycles. The molecule has 2 aromatic rings. The number of carbonyl (C=O) groups is 3. The van der Waals surface area contributed by atoms with Crippen LogP contribution >= 0.6 is 11.3 Å². The van der Waals surface area contributed by atoms with Crippen LogP contribution in [0.15, 0.2) is 35.7 Å². The van der Waals surface area contributed by atoms with Crippen molar-refractivity contribution in [1.82, 2.24) is 14.7 Å². The number of benzene rings is 1. The predicted molar refractivity (Wildman–Crippen MR) is 118 cm³/mol. The molecule has 0 radical (unpaired) electrons. The van der Waals surface area contributed by atoms with Crippen molar-refractivity contribution in [3.63, 3.8) is 0 Å². The molecule has 3 amide bonds. The Hall–Kier alpha value is -2.67. The third-order valence-corrected chi connectivity index (χ3v) is 6.45. The molecule has 0 bridgehead atoms. The lowest BCUT2D eigenvalue weighted by Gasteiger charge is -2.27. The van der Waals surface area contributed by atoms with Crippen molar-refractivity contribution < 1.29 is 14.4 Å². The predicted octanol–water partition coefficient (Wildman–Crippen LogP) is 3.16. The van der Waals surface area contributed by atoms with Gasteiger partial charge in [-0.1, -0.05) is 12.1 Å². The van der Waals surface area contributed by atoms with Gasteiger partial charge < -0.3 is 14.7 Å². The van der Waals surface area contributed by atoms with Crippen LogP contribution in [0.3, 0.4) is 0 Å². The fourth-order valence-corrected chi connectivity index (χ4v) is 4.49. The second-order valence-corrected chi connectivity index (χ2v) is 8.74. The number of carbonyl (C=O) groups excluding carboxylic acids is 3. The van der Waals surface area contributed by atoms with E-state index in [-0.39, 0.29) is 30.6 Å². The van der Waals surface area contributed by atoms with Crippen LogP contribution in [0, 0.1) is 0 Å². The Bertz CT molecular complexity index is 905. The third-order valence-electron chi connectivity index (χ3n) is 5.43. The first-order valence-corrected chi connectivity index (χ1v) is 11.2. The maximum absolute atomic E-state index is 12.7. The lowest BCUT2D eigenvalue weighted by Crippen LogP contribution is -2.36. The van der Waals surface area contributed by atoms with Crippen molar-refractivity contribution in [3.05, 3.63) is 57.3 Å². The third kappa shape index (κ3) is 5.27. The molecule has 0 N–H and O–H groups in total. The monoisotopic (exact) mass is 427 g/mol. The van der Waals surface area contributed by atoms with E-state index in [2.05, 4.69) is 11.4 Å². The zero-order valence-electron chi connectivity index (χ0n) is 17.9. The molecule has 0 saturated heterocycles. The Morgan fingerprint density at radius 2 is 1.80 bits per heavy atom. The topological polar surface area (TPSA) is 60.9 Å². The molecule has 1 aromatic carbocycles. The van der Waals surface area contributed by atoms with Crippen molar-refractivity contribution in [1.29, 1.82) is 0 Å². The Balaban J connectivity index is 1.51. The second-order valence-electron chi connectivity index (χ2n) is 7.74. The van der Waals surface area contributed by atoms with Gasteiger partial charge in [0.25, 0.3) is 5.91 Å². The molecular formula is C23H29N3O3S. The van der Waals surface area contributed by atoms with Gasteiger partial charge in [0.05, 0.1) is 0 Å². The molecule has 160 valence electrons. The summed E-state index contributed by atoms with van der Waals surface area (Å²) in [4.78, 5) is 43.8. The van der Waals surface area contributed by atoms with E-state index in [0.29, 0.717) is 25.2 Å². The van der Waals surface area contributed by atoms with Gasteiger partial charge in [0.15, 0.2) is 0 Å². The summed E-state index contributed by atoms with van der Waals surface area (Å²) in [5.41, 5.74) is 2.82. The maximum Gasteiger partial charge on any atom is 0.253 e. The lowest BCUT2D eigenvalue weighted by molar-refractivity contribution is -0.137. The normalized spacial score (nSPS) is 13.0. The SMILES string of the molecule is CCN(Cc1ccc(C(=O)N(C)C)cc1)C(=O)CCC(=O)N1CCc2sccc2C1. The van der Waals surface area contributed by atoms with Crippen LogP contribution in [0.1, 0.15) is 46.1 Å².